The minimum Gasteiger partial charge on any atom is -0.384 e. The molecule has 96 valence electrons. The summed E-state index contributed by atoms with van der Waals surface area (Å²) in [6.45, 7) is 10.2. The van der Waals surface area contributed by atoms with Crippen molar-refractivity contribution in [3.8, 4) is 0 Å². The molecule has 1 heterocycles. The van der Waals surface area contributed by atoms with Crippen LogP contribution in [0.3, 0.4) is 0 Å². The molecule has 1 aliphatic heterocycles. The summed E-state index contributed by atoms with van der Waals surface area (Å²) in [4.78, 5) is 2.60. The van der Waals surface area contributed by atoms with Crippen molar-refractivity contribution in [1.29, 1.82) is 0 Å². The number of methoxy groups -OCH3 is 1. The minimum atomic E-state index is 0.644. The van der Waals surface area contributed by atoms with Gasteiger partial charge in [-0.2, -0.15) is 0 Å². The molecule has 16 heavy (non-hydrogen) atoms. The van der Waals surface area contributed by atoms with E-state index in [0.717, 1.165) is 6.61 Å². The number of rotatable bonds is 6. The lowest BCUT2D eigenvalue weighted by atomic mass is 10.1. The molecule has 1 rings (SSSR count). The molecule has 0 spiro atoms. The van der Waals surface area contributed by atoms with Crippen LogP contribution in [0.1, 0.15) is 33.1 Å². The van der Waals surface area contributed by atoms with E-state index in [2.05, 4.69) is 24.1 Å². The van der Waals surface area contributed by atoms with Crippen LogP contribution < -0.4 is 5.32 Å². The van der Waals surface area contributed by atoms with E-state index in [1.807, 2.05) is 0 Å². The number of nitrogens with one attached hydrogen (secondary N) is 1. The molecule has 0 bridgehead atoms. The molecule has 0 amide bonds. The Morgan fingerprint density at radius 1 is 1.50 bits per heavy atom. The van der Waals surface area contributed by atoms with Crippen molar-refractivity contribution >= 4 is 0 Å². The van der Waals surface area contributed by atoms with Crippen LogP contribution in [0.5, 0.6) is 0 Å². The lowest BCUT2D eigenvalue weighted by molar-refractivity contribution is 0.128. The van der Waals surface area contributed by atoms with Crippen molar-refractivity contribution in [2.45, 2.75) is 39.2 Å². The Kier molecular flexibility index (Phi) is 7.01. The first-order valence-corrected chi connectivity index (χ1v) is 6.71. The summed E-state index contributed by atoms with van der Waals surface area (Å²) in [5.74, 6) is 0.644. The average Bonchev–Trinajstić information content (AvgIpc) is 2.44. The van der Waals surface area contributed by atoms with E-state index in [9.17, 15) is 0 Å². The van der Waals surface area contributed by atoms with Crippen molar-refractivity contribution in [2.24, 2.45) is 5.92 Å². The Morgan fingerprint density at radius 2 is 2.31 bits per heavy atom. The van der Waals surface area contributed by atoms with E-state index >= 15 is 0 Å². The standard InChI is InChI=1S/C13H28N2O/c1-4-6-13-10-15(8-5-7-14-13)9-12(2)11-16-3/h12-14H,4-11H2,1-3H3. The highest BCUT2D eigenvalue weighted by Crippen LogP contribution is 2.08. The normalized spacial score (nSPS) is 25.3. The molecule has 2 atom stereocenters. The third kappa shape index (κ3) is 5.28. The van der Waals surface area contributed by atoms with Gasteiger partial charge in [0.2, 0.25) is 0 Å². The molecular weight excluding hydrogens is 200 g/mol. The maximum Gasteiger partial charge on any atom is 0.0500 e. The molecule has 2 unspecified atom stereocenters. The van der Waals surface area contributed by atoms with Gasteiger partial charge in [0.25, 0.3) is 0 Å². The van der Waals surface area contributed by atoms with Gasteiger partial charge in [0.15, 0.2) is 0 Å². The van der Waals surface area contributed by atoms with Gasteiger partial charge in [0.1, 0.15) is 0 Å². The molecule has 3 nitrogen and oxygen atoms in total. The molecule has 1 fully saturated rings. The molecule has 0 aromatic carbocycles. The molecule has 0 aromatic heterocycles. The lowest BCUT2D eigenvalue weighted by Crippen LogP contribution is -2.39. The predicted octanol–water partition coefficient (Wildman–Crippen LogP) is 1.73. The smallest absolute Gasteiger partial charge is 0.0500 e. The maximum absolute atomic E-state index is 5.21. The molecule has 0 aromatic rings. The second-order valence-corrected chi connectivity index (χ2v) is 5.11. The monoisotopic (exact) mass is 228 g/mol. The van der Waals surface area contributed by atoms with Gasteiger partial charge < -0.3 is 15.0 Å². The van der Waals surface area contributed by atoms with Crippen LogP contribution in [0.25, 0.3) is 0 Å². The Hall–Kier alpha value is -0.120. The van der Waals surface area contributed by atoms with E-state index in [-0.39, 0.29) is 0 Å². The number of nitrogens with zero attached hydrogens (tertiary/aromatic N) is 1. The quantitative estimate of drug-likeness (QED) is 0.749. The fourth-order valence-electron chi connectivity index (χ4n) is 2.56. The Balaban J connectivity index is 2.33. The summed E-state index contributed by atoms with van der Waals surface area (Å²) >= 11 is 0. The van der Waals surface area contributed by atoms with E-state index in [4.69, 9.17) is 4.74 Å². The van der Waals surface area contributed by atoms with Crippen molar-refractivity contribution in [1.82, 2.24) is 10.2 Å². The van der Waals surface area contributed by atoms with Crippen LogP contribution in [-0.2, 0) is 4.74 Å². The van der Waals surface area contributed by atoms with Crippen LogP contribution >= 0.6 is 0 Å². The summed E-state index contributed by atoms with van der Waals surface area (Å²) in [7, 11) is 1.79. The predicted molar refractivity (Wildman–Crippen MR) is 68.8 cm³/mol. The van der Waals surface area contributed by atoms with Gasteiger partial charge in [-0.05, 0) is 31.8 Å². The third-order valence-electron chi connectivity index (χ3n) is 3.22. The highest BCUT2D eigenvalue weighted by atomic mass is 16.5. The number of hydrogen-bond donors (Lipinski definition) is 1. The van der Waals surface area contributed by atoms with E-state index in [0.29, 0.717) is 12.0 Å². The first kappa shape index (κ1) is 13.9. The minimum absolute atomic E-state index is 0.644. The molecule has 1 aliphatic rings. The molecule has 0 saturated carbocycles. The summed E-state index contributed by atoms with van der Waals surface area (Å²) in [5.41, 5.74) is 0. The van der Waals surface area contributed by atoms with Gasteiger partial charge in [0.05, 0.1) is 0 Å². The highest BCUT2D eigenvalue weighted by molar-refractivity contribution is 4.77. The van der Waals surface area contributed by atoms with Crippen LogP contribution in [0.15, 0.2) is 0 Å². The van der Waals surface area contributed by atoms with Gasteiger partial charge in [-0.1, -0.05) is 20.3 Å². The molecule has 0 aliphatic carbocycles. The fourth-order valence-corrected chi connectivity index (χ4v) is 2.56. The van der Waals surface area contributed by atoms with Crippen LogP contribution in [0.4, 0.5) is 0 Å². The summed E-state index contributed by atoms with van der Waals surface area (Å²) in [6, 6.07) is 0.697. The molecule has 1 saturated heterocycles. The first-order chi connectivity index (χ1) is 7.76. The summed E-state index contributed by atoms with van der Waals surface area (Å²) in [6.07, 6.45) is 3.86. The SMILES string of the molecule is CCCC1CN(CC(C)COC)CCCN1. The number of hydrogen-bond acceptors (Lipinski definition) is 3. The van der Waals surface area contributed by atoms with Gasteiger partial charge in [-0.15, -0.1) is 0 Å². The highest BCUT2D eigenvalue weighted by Gasteiger charge is 2.18. The van der Waals surface area contributed by atoms with Crippen molar-refractivity contribution in [2.75, 3.05) is 39.9 Å². The Labute approximate surface area is 101 Å². The fraction of sp³-hybridized carbons (Fsp3) is 1.00. The lowest BCUT2D eigenvalue weighted by Gasteiger charge is -2.26. The van der Waals surface area contributed by atoms with Crippen LogP contribution in [0, 0.1) is 5.92 Å². The van der Waals surface area contributed by atoms with Crippen molar-refractivity contribution in [3.63, 3.8) is 0 Å². The van der Waals surface area contributed by atoms with Crippen molar-refractivity contribution in [3.05, 3.63) is 0 Å². The Morgan fingerprint density at radius 3 is 3.00 bits per heavy atom. The third-order valence-corrected chi connectivity index (χ3v) is 3.22. The van der Waals surface area contributed by atoms with Gasteiger partial charge >= 0.3 is 0 Å². The summed E-state index contributed by atoms with van der Waals surface area (Å²) < 4.78 is 5.21. The second kappa shape index (κ2) is 8.04. The first-order valence-electron chi connectivity index (χ1n) is 6.71. The maximum atomic E-state index is 5.21. The second-order valence-electron chi connectivity index (χ2n) is 5.11. The average molecular weight is 228 g/mol. The largest absolute Gasteiger partial charge is 0.384 e. The molecule has 3 heteroatoms. The van der Waals surface area contributed by atoms with E-state index in [1.165, 1.54) is 45.4 Å². The van der Waals surface area contributed by atoms with Gasteiger partial charge in [0, 0.05) is 32.8 Å². The van der Waals surface area contributed by atoms with Gasteiger partial charge in [-0.3, -0.25) is 0 Å². The topological polar surface area (TPSA) is 24.5 Å². The number of ether oxygens (including phenoxy) is 1. The van der Waals surface area contributed by atoms with Crippen LogP contribution in [0.2, 0.25) is 0 Å². The van der Waals surface area contributed by atoms with Crippen LogP contribution in [-0.4, -0.2) is 50.8 Å². The zero-order valence-corrected chi connectivity index (χ0v) is 11.2. The van der Waals surface area contributed by atoms with E-state index < -0.39 is 0 Å². The zero-order valence-electron chi connectivity index (χ0n) is 11.2. The summed E-state index contributed by atoms with van der Waals surface area (Å²) in [5, 5.41) is 3.64. The van der Waals surface area contributed by atoms with Crippen molar-refractivity contribution < 1.29 is 4.74 Å². The zero-order chi connectivity index (χ0) is 11.8. The van der Waals surface area contributed by atoms with Gasteiger partial charge in [-0.25, -0.2) is 0 Å². The molecule has 1 N–H and O–H groups in total. The van der Waals surface area contributed by atoms with E-state index in [1.54, 1.807) is 7.11 Å². The molecule has 0 radical (unpaired) electrons. The Bertz CT molecular complexity index is 175. The molecular formula is C13H28N2O.